The van der Waals surface area contributed by atoms with Crippen molar-refractivity contribution in [1.29, 1.82) is 0 Å². The SMILES string of the molecule is Cc1n[nH]c(C)c1S(=O)(=O)NC1CCC(C(F)(F)F)CC1. The van der Waals surface area contributed by atoms with Crippen LogP contribution in [0.15, 0.2) is 4.90 Å². The van der Waals surface area contributed by atoms with Gasteiger partial charge in [0.15, 0.2) is 0 Å². The molecule has 1 aliphatic carbocycles. The van der Waals surface area contributed by atoms with E-state index in [1.54, 1.807) is 13.8 Å². The first kappa shape index (κ1) is 16.3. The van der Waals surface area contributed by atoms with Gasteiger partial charge in [-0.15, -0.1) is 0 Å². The number of halogens is 3. The fraction of sp³-hybridized carbons (Fsp3) is 0.750. The van der Waals surface area contributed by atoms with E-state index >= 15 is 0 Å². The third-order valence-corrected chi connectivity index (χ3v) is 5.62. The fourth-order valence-corrected chi connectivity index (χ4v) is 4.43. The summed E-state index contributed by atoms with van der Waals surface area (Å²) < 4.78 is 64.8. The van der Waals surface area contributed by atoms with Crippen molar-refractivity contribution in [3.8, 4) is 0 Å². The summed E-state index contributed by atoms with van der Waals surface area (Å²) in [5, 5.41) is 6.42. The zero-order chi connectivity index (χ0) is 15.8. The summed E-state index contributed by atoms with van der Waals surface area (Å²) in [5.74, 6) is -1.32. The van der Waals surface area contributed by atoms with Crippen molar-refractivity contribution >= 4 is 10.0 Å². The van der Waals surface area contributed by atoms with Crippen LogP contribution in [0.4, 0.5) is 13.2 Å². The number of hydrogen-bond acceptors (Lipinski definition) is 3. The summed E-state index contributed by atoms with van der Waals surface area (Å²) in [7, 11) is -3.76. The van der Waals surface area contributed by atoms with E-state index in [0.717, 1.165) is 0 Å². The first-order valence-corrected chi connectivity index (χ1v) is 8.20. The zero-order valence-corrected chi connectivity index (χ0v) is 12.6. The molecule has 2 rings (SSSR count). The smallest absolute Gasteiger partial charge is 0.281 e. The van der Waals surface area contributed by atoms with E-state index in [-0.39, 0.29) is 30.6 Å². The van der Waals surface area contributed by atoms with E-state index < -0.39 is 28.2 Å². The predicted molar refractivity (Wildman–Crippen MR) is 70.2 cm³/mol. The molecule has 1 saturated carbocycles. The highest BCUT2D eigenvalue weighted by atomic mass is 32.2. The maximum atomic E-state index is 12.6. The molecule has 0 bridgehead atoms. The maximum Gasteiger partial charge on any atom is 0.391 e. The molecule has 0 atom stereocenters. The third-order valence-electron chi connectivity index (χ3n) is 3.84. The lowest BCUT2D eigenvalue weighted by Crippen LogP contribution is -2.40. The lowest BCUT2D eigenvalue weighted by Gasteiger charge is -2.30. The van der Waals surface area contributed by atoms with Crippen LogP contribution in [0.25, 0.3) is 0 Å². The van der Waals surface area contributed by atoms with Crippen molar-refractivity contribution in [2.75, 3.05) is 0 Å². The van der Waals surface area contributed by atoms with Gasteiger partial charge in [0.25, 0.3) is 0 Å². The first-order valence-electron chi connectivity index (χ1n) is 6.72. The number of alkyl halides is 3. The second-order valence-electron chi connectivity index (χ2n) is 5.47. The number of H-pyrrole nitrogens is 1. The van der Waals surface area contributed by atoms with Crippen molar-refractivity contribution < 1.29 is 21.6 Å². The molecule has 1 aromatic heterocycles. The van der Waals surface area contributed by atoms with Crippen LogP contribution in [0.2, 0.25) is 0 Å². The Morgan fingerprint density at radius 1 is 1.19 bits per heavy atom. The molecule has 1 fully saturated rings. The van der Waals surface area contributed by atoms with Crippen LogP contribution in [0.1, 0.15) is 37.1 Å². The fourth-order valence-electron chi connectivity index (χ4n) is 2.75. The number of nitrogens with one attached hydrogen (secondary N) is 2. The van der Waals surface area contributed by atoms with Gasteiger partial charge in [-0.05, 0) is 39.5 Å². The Kier molecular flexibility index (Phi) is 4.34. The van der Waals surface area contributed by atoms with Crippen LogP contribution in [-0.2, 0) is 10.0 Å². The van der Waals surface area contributed by atoms with Crippen molar-refractivity contribution in [3.63, 3.8) is 0 Å². The van der Waals surface area contributed by atoms with Gasteiger partial charge >= 0.3 is 6.18 Å². The van der Waals surface area contributed by atoms with Crippen molar-refractivity contribution in [2.24, 2.45) is 5.92 Å². The molecular formula is C12H18F3N3O2S. The predicted octanol–water partition coefficient (Wildman–Crippen LogP) is 2.43. The molecule has 1 aromatic rings. The van der Waals surface area contributed by atoms with Crippen molar-refractivity contribution in [1.82, 2.24) is 14.9 Å². The van der Waals surface area contributed by atoms with Gasteiger partial charge in [-0.3, -0.25) is 5.10 Å². The average Bonchev–Trinajstić information content (AvgIpc) is 2.68. The second-order valence-corrected chi connectivity index (χ2v) is 7.13. The van der Waals surface area contributed by atoms with Crippen LogP contribution in [0.3, 0.4) is 0 Å². The largest absolute Gasteiger partial charge is 0.391 e. The van der Waals surface area contributed by atoms with Crippen molar-refractivity contribution in [3.05, 3.63) is 11.4 Å². The summed E-state index contributed by atoms with van der Waals surface area (Å²) >= 11 is 0. The van der Waals surface area contributed by atoms with Gasteiger partial charge in [0.05, 0.1) is 17.3 Å². The lowest BCUT2D eigenvalue weighted by molar-refractivity contribution is -0.182. The number of aromatic amines is 1. The molecule has 9 heteroatoms. The Morgan fingerprint density at radius 3 is 2.19 bits per heavy atom. The molecule has 1 aliphatic rings. The maximum absolute atomic E-state index is 12.6. The minimum absolute atomic E-state index is 0.0416. The molecule has 0 aliphatic heterocycles. The Bertz CT molecular complexity index is 582. The highest BCUT2D eigenvalue weighted by molar-refractivity contribution is 7.89. The Morgan fingerprint density at radius 2 is 1.76 bits per heavy atom. The molecule has 1 heterocycles. The molecule has 5 nitrogen and oxygen atoms in total. The van der Waals surface area contributed by atoms with E-state index in [0.29, 0.717) is 11.4 Å². The van der Waals surface area contributed by atoms with Crippen LogP contribution >= 0.6 is 0 Å². The summed E-state index contributed by atoms with van der Waals surface area (Å²) in [4.78, 5) is 0.0837. The average molecular weight is 325 g/mol. The normalized spacial score (nSPS) is 24.2. The molecule has 0 amide bonds. The van der Waals surface area contributed by atoms with Crippen molar-refractivity contribution in [2.45, 2.75) is 56.6 Å². The van der Waals surface area contributed by atoms with Crippen LogP contribution in [0, 0.1) is 19.8 Å². The molecule has 0 unspecified atom stereocenters. The molecule has 0 radical (unpaired) electrons. The zero-order valence-electron chi connectivity index (χ0n) is 11.8. The number of aryl methyl sites for hydroxylation is 2. The van der Waals surface area contributed by atoms with E-state index in [4.69, 9.17) is 0 Å². The molecule has 120 valence electrons. The Balaban J connectivity index is 2.04. The summed E-state index contributed by atoms with van der Waals surface area (Å²) in [6.07, 6.45) is -3.89. The standard InChI is InChI=1S/C12H18F3N3O2S/c1-7-11(8(2)17-16-7)21(19,20)18-10-5-3-9(4-6-10)12(13,14)15/h9-10,18H,3-6H2,1-2H3,(H,16,17). The summed E-state index contributed by atoms with van der Waals surface area (Å²) in [5.41, 5.74) is 0.771. The van der Waals surface area contributed by atoms with Crippen LogP contribution in [0.5, 0.6) is 0 Å². The quantitative estimate of drug-likeness (QED) is 0.896. The molecular weight excluding hydrogens is 307 g/mol. The summed E-state index contributed by atoms with van der Waals surface area (Å²) in [6, 6.07) is -0.456. The van der Waals surface area contributed by atoms with Gasteiger partial charge in [0.1, 0.15) is 4.90 Å². The van der Waals surface area contributed by atoms with Gasteiger partial charge in [-0.2, -0.15) is 18.3 Å². The van der Waals surface area contributed by atoms with Gasteiger partial charge in [0.2, 0.25) is 10.0 Å². The molecule has 0 spiro atoms. The molecule has 2 N–H and O–H groups in total. The molecule has 21 heavy (non-hydrogen) atoms. The number of aromatic nitrogens is 2. The monoisotopic (exact) mass is 325 g/mol. The highest BCUT2D eigenvalue weighted by Crippen LogP contribution is 2.37. The van der Waals surface area contributed by atoms with Gasteiger partial charge in [-0.25, -0.2) is 13.1 Å². The van der Waals surface area contributed by atoms with E-state index in [2.05, 4.69) is 14.9 Å². The molecule has 0 aromatic carbocycles. The number of hydrogen-bond donors (Lipinski definition) is 2. The highest BCUT2D eigenvalue weighted by Gasteiger charge is 2.42. The minimum Gasteiger partial charge on any atom is -0.281 e. The van der Waals surface area contributed by atoms with Crippen LogP contribution < -0.4 is 4.72 Å². The van der Waals surface area contributed by atoms with E-state index in [9.17, 15) is 21.6 Å². The Hall–Kier alpha value is -1.09. The van der Waals surface area contributed by atoms with Gasteiger partial charge in [0, 0.05) is 6.04 Å². The van der Waals surface area contributed by atoms with Gasteiger partial charge in [-0.1, -0.05) is 0 Å². The van der Waals surface area contributed by atoms with E-state index in [1.807, 2.05) is 0 Å². The van der Waals surface area contributed by atoms with E-state index in [1.165, 1.54) is 0 Å². The summed E-state index contributed by atoms with van der Waals surface area (Å²) in [6.45, 7) is 3.16. The second kappa shape index (κ2) is 5.60. The van der Waals surface area contributed by atoms with Crippen LogP contribution in [-0.4, -0.2) is 30.8 Å². The number of nitrogens with zero attached hydrogens (tertiary/aromatic N) is 1. The first-order chi connectivity index (χ1) is 9.61. The topological polar surface area (TPSA) is 74.8 Å². The number of sulfonamides is 1. The van der Waals surface area contributed by atoms with Gasteiger partial charge < -0.3 is 0 Å². The minimum atomic E-state index is -4.19. The lowest BCUT2D eigenvalue weighted by atomic mass is 9.86. The Labute approximate surface area is 121 Å². The number of rotatable bonds is 3. The third kappa shape index (κ3) is 3.57. The molecule has 0 saturated heterocycles.